The van der Waals surface area contributed by atoms with E-state index in [9.17, 15) is 9.59 Å². The number of hydrogen-bond acceptors (Lipinski definition) is 4. The number of carbonyl (C=O) groups excluding carboxylic acids is 1. The molecule has 25 heavy (non-hydrogen) atoms. The Bertz CT molecular complexity index is 833. The first-order valence-corrected chi connectivity index (χ1v) is 9.86. The number of para-hydroxylation sites is 1. The number of thioether (sulfide) groups is 1. The van der Waals surface area contributed by atoms with Crippen LogP contribution in [0.5, 0.6) is 0 Å². The quantitative estimate of drug-likeness (QED) is 0.672. The molecule has 0 spiro atoms. The largest absolute Gasteiger partial charge is 0.358 e. The lowest BCUT2D eigenvalue weighted by Crippen LogP contribution is -2.35. The fourth-order valence-electron chi connectivity index (χ4n) is 3.64. The number of nitrogens with one attached hydrogen (secondary N) is 1. The van der Waals surface area contributed by atoms with Gasteiger partial charge in [0.2, 0.25) is 5.91 Å². The first-order chi connectivity index (χ1) is 12.0. The van der Waals surface area contributed by atoms with Gasteiger partial charge in [0.25, 0.3) is 5.56 Å². The van der Waals surface area contributed by atoms with E-state index < -0.39 is 0 Å². The molecule has 0 unspecified atom stereocenters. The van der Waals surface area contributed by atoms with Gasteiger partial charge in [-0.3, -0.25) is 14.2 Å². The van der Waals surface area contributed by atoms with Crippen molar-refractivity contribution in [3.05, 3.63) is 34.6 Å². The van der Waals surface area contributed by atoms with Gasteiger partial charge in [-0.2, -0.15) is 0 Å². The Morgan fingerprint density at radius 2 is 2.08 bits per heavy atom. The van der Waals surface area contributed by atoms with Gasteiger partial charge >= 0.3 is 0 Å². The van der Waals surface area contributed by atoms with Gasteiger partial charge in [0.1, 0.15) is 0 Å². The summed E-state index contributed by atoms with van der Waals surface area (Å²) < 4.78 is 1.86. The highest BCUT2D eigenvalue weighted by Gasteiger charge is 2.31. The molecule has 1 saturated carbocycles. The molecule has 134 valence electrons. The van der Waals surface area contributed by atoms with Crippen LogP contribution in [0.4, 0.5) is 0 Å². The number of rotatable bonds is 4. The van der Waals surface area contributed by atoms with E-state index in [4.69, 9.17) is 4.98 Å². The van der Waals surface area contributed by atoms with Crippen LogP contribution < -0.4 is 10.9 Å². The maximum absolute atomic E-state index is 13.2. The van der Waals surface area contributed by atoms with Crippen molar-refractivity contribution in [2.24, 2.45) is 11.8 Å². The molecule has 1 aliphatic carbocycles. The summed E-state index contributed by atoms with van der Waals surface area (Å²) >= 11 is 1.35. The van der Waals surface area contributed by atoms with E-state index in [2.05, 4.69) is 19.2 Å². The standard InChI is InChI=1S/C19H25N3O2S/c1-12-7-6-10-16(13(12)2)22-18(24)14-8-4-5-9-15(14)21-19(22)25-11-17(23)20-3/h4-5,8-9,12-13,16H,6-7,10-11H2,1-3H3,(H,20,23)/t12-,13-,16+/m1/s1. The Labute approximate surface area is 152 Å². The van der Waals surface area contributed by atoms with Crippen LogP contribution in [0.2, 0.25) is 0 Å². The van der Waals surface area contributed by atoms with Crippen molar-refractivity contribution in [2.45, 2.75) is 44.3 Å². The van der Waals surface area contributed by atoms with E-state index in [-0.39, 0.29) is 23.3 Å². The molecule has 2 aromatic rings. The first kappa shape index (κ1) is 18.0. The summed E-state index contributed by atoms with van der Waals surface area (Å²) in [5, 5.41) is 3.93. The molecule has 1 aromatic heterocycles. The molecule has 1 amide bonds. The van der Waals surface area contributed by atoms with E-state index in [1.165, 1.54) is 18.2 Å². The minimum absolute atomic E-state index is 0.0101. The summed E-state index contributed by atoms with van der Waals surface area (Å²) in [4.78, 5) is 29.6. The van der Waals surface area contributed by atoms with Crippen LogP contribution in [0.3, 0.4) is 0 Å². The van der Waals surface area contributed by atoms with Crippen LogP contribution in [-0.4, -0.2) is 28.3 Å². The van der Waals surface area contributed by atoms with E-state index >= 15 is 0 Å². The first-order valence-electron chi connectivity index (χ1n) is 8.87. The van der Waals surface area contributed by atoms with E-state index in [1.807, 2.05) is 28.8 Å². The van der Waals surface area contributed by atoms with Crippen molar-refractivity contribution in [3.8, 4) is 0 Å². The molecule has 5 nitrogen and oxygen atoms in total. The molecule has 0 bridgehead atoms. The van der Waals surface area contributed by atoms with E-state index in [0.717, 1.165) is 12.8 Å². The maximum atomic E-state index is 13.2. The van der Waals surface area contributed by atoms with Crippen LogP contribution >= 0.6 is 11.8 Å². The van der Waals surface area contributed by atoms with Crippen molar-refractivity contribution in [3.63, 3.8) is 0 Å². The van der Waals surface area contributed by atoms with Gasteiger partial charge < -0.3 is 5.32 Å². The molecule has 0 saturated heterocycles. The molecule has 1 heterocycles. The highest BCUT2D eigenvalue weighted by molar-refractivity contribution is 7.99. The maximum Gasteiger partial charge on any atom is 0.262 e. The Hall–Kier alpha value is -1.82. The Balaban J connectivity index is 2.11. The van der Waals surface area contributed by atoms with Crippen molar-refractivity contribution in [1.29, 1.82) is 0 Å². The number of benzene rings is 1. The predicted molar refractivity (Wildman–Crippen MR) is 102 cm³/mol. The number of aromatic nitrogens is 2. The normalized spacial score (nSPS) is 23.6. The van der Waals surface area contributed by atoms with Crippen molar-refractivity contribution in [1.82, 2.24) is 14.9 Å². The van der Waals surface area contributed by atoms with Gasteiger partial charge in [-0.05, 0) is 30.4 Å². The smallest absolute Gasteiger partial charge is 0.262 e. The van der Waals surface area contributed by atoms with Gasteiger partial charge in [0.15, 0.2) is 5.16 Å². The van der Waals surface area contributed by atoms with Gasteiger partial charge in [0, 0.05) is 13.1 Å². The summed E-state index contributed by atoms with van der Waals surface area (Å²) in [7, 11) is 1.62. The summed E-state index contributed by atoms with van der Waals surface area (Å²) in [6, 6.07) is 7.60. The third kappa shape index (κ3) is 3.59. The van der Waals surface area contributed by atoms with Crippen LogP contribution in [0.1, 0.15) is 39.2 Å². The molecule has 6 heteroatoms. The average molecular weight is 359 g/mol. The zero-order chi connectivity index (χ0) is 18.0. The molecular formula is C19H25N3O2S. The topological polar surface area (TPSA) is 64.0 Å². The molecule has 3 atom stereocenters. The van der Waals surface area contributed by atoms with Crippen molar-refractivity contribution in [2.75, 3.05) is 12.8 Å². The fraction of sp³-hybridized carbons (Fsp3) is 0.526. The Morgan fingerprint density at radius 1 is 1.32 bits per heavy atom. The summed E-state index contributed by atoms with van der Waals surface area (Å²) in [5.74, 6) is 1.18. The van der Waals surface area contributed by atoms with E-state index in [0.29, 0.717) is 27.9 Å². The number of nitrogens with zero attached hydrogens (tertiary/aromatic N) is 2. The highest BCUT2D eigenvalue weighted by Crippen LogP contribution is 2.38. The zero-order valence-electron chi connectivity index (χ0n) is 15.0. The molecule has 3 rings (SSSR count). The van der Waals surface area contributed by atoms with Crippen LogP contribution in [0.25, 0.3) is 10.9 Å². The van der Waals surface area contributed by atoms with Gasteiger partial charge in [-0.15, -0.1) is 0 Å². The summed E-state index contributed by atoms with van der Waals surface area (Å²) in [6.45, 7) is 4.48. The lowest BCUT2D eigenvalue weighted by Gasteiger charge is -2.36. The van der Waals surface area contributed by atoms with Gasteiger partial charge in [-0.1, -0.05) is 50.6 Å². The average Bonchev–Trinajstić information content (AvgIpc) is 2.62. The summed E-state index contributed by atoms with van der Waals surface area (Å²) in [5.41, 5.74) is 0.704. The van der Waals surface area contributed by atoms with Crippen molar-refractivity contribution >= 4 is 28.6 Å². The molecule has 1 N–H and O–H groups in total. The second-order valence-corrected chi connectivity index (χ2v) is 7.83. The second kappa shape index (κ2) is 7.60. The lowest BCUT2D eigenvalue weighted by atomic mass is 9.78. The lowest BCUT2D eigenvalue weighted by molar-refractivity contribution is -0.118. The molecule has 0 radical (unpaired) electrons. The van der Waals surface area contributed by atoms with Crippen LogP contribution in [0, 0.1) is 11.8 Å². The van der Waals surface area contributed by atoms with Crippen LogP contribution in [0.15, 0.2) is 34.2 Å². The predicted octanol–water partition coefficient (Wildman–Crippen LogP) is 3.23. The third-order valence-corrected chi connectivity index (χ3v) is 6.33. The minimum atomic E-state index is -0.0657. The highest BCUT2D eigenvalue weighted by atomic mass is 32.2. The number of hydrogen-bond donors (Lipinski definition) is 1. The van der Waals surface area contributed by atoms with Crippen LogP contribution in [-0.2, 0) is 4.79 Å². The SMILES string of the molecule is CNC(=O)CSc1nc2ccccc2c(=O)n1[C@H]1CCC[C@@H](C)[C@H]1C. The van der Waals surface area contributed by atoms with E-state index in [1.54, 1.807) is 7.05 Å². The minimum Gasteiger partial charge on any atom is -0.358 e. The molecule has 0 aliphatic heterocycles. The van der Waals surface area contributed by atoms with Gasteiger partial charge in [0.05, 0.1) is 16.7 Å². The molecule has 1 aliphatic rings. The fourth-order valence-corrected chi connectivity index (χ4v) is 4.57. The monoisotopic (exact) mass is 359 g/mol. The molecule has 1 aromatic carbocycles. The second-order valence-electron chi connectivity index (χ2n) is 6.88. The number of amides is 1. The molecule has 1 fully saturated rings. The van der Waals surface area contributed by atoms with Crippen molar-refractivity contribution < 1.29 is 4.79 Å². The zero-order valence-corrected chi connectivity index (χ0v) is 15.8. The summed E-state index contributed by atoms with van der Waals surface area (Å²) in [6.07, 6.45) is 3.31. The number of carbonyl (C=O) groups is 1. The third-order valence-electron chi connectivity index (χ3n) is 5.38. The Morgan fingerprint density at radius 3 is 2.84 bits per heavy atom. The van der Waals surface area contributed by atoms with Gasteiger partial charge in [-0.25, -0.2) is 4.98 Å². The number of fused-ring (bicyclic) bond motifs is 1. The molecular weight excluding hydrogens is 334 g/mol. The Kier molecular flexibility index (Phi) is 5.47.